The van der Waals surface area contributed by atoms with E-state index in [2.05, 4.69) is 34.5 Å². The summed E-state index contributed by atoms with van der Waals surface area (Å²) in [4.78, 5) is 11.8. The third-order valence-electron chi connectivity index (χ3n) is 4.43. The molecule has 0 aliphatic carbocycles. The topological polar surface area (TPSA) is 34.0 Å². The number of fused-ring (bicyclic) bond motifs is 1. The maximum atomic E-state index is 5.95. The van der Waals surface area contributed by atoms with E-state index in [4.69, 9.17) is 16.6 Å². The number of likely N-dealkylation sites (N-methyl/N-ethyl adjacent to an activating group) is 1. The van der Waals surface area contributed by atoms with Crippen LogP contribution in [0.2, 0.25) is 0 Å². The van der Waals surface area contributed by atoms with Crippen LogP contribution in [0.3, 0.4) is 0 Å². The molecule has 3 rings (SSSR count). The van der Waals surface area contributed by atoms with Crippen LogP contribution in [0.1, 0.15) is 30.7 Å². The van der Waals surface area contributed by atoms with Gasteiger partial charge in [-0.25, -0.2) is 9.97 Å². The molecule has 1 saturated heterocycles. The maximum absolute atomic E-state index is 5.95. The van der Waals surface area contributed by atoms with Crippen LogP contribution >= 0.6 is 11.6 Å². The highest BCUT2D eigenvalue weighted by molar-refractivity contribution is 6.17. The van der Waals surface area contributed by atoms with E-state index in [1.54, 1.807) is 0 Å². The number of halogens is 1. The van der Waals surface area contributed by atoms with Gasteiger partial charge in [0.15, 0.2) is 5.65 Å². The Kier molecular flexibility index (Phi) is 4.45. The summed E-state index contributed by atoms with van der Waals surface area (Å²) < 4.78 is 2.28. The summed E-state index contributed by atoms with van der Waals surface area (Å²) in [6.45, 7) is 4.21. The number of alkyl halides is 1. The third kappa shape index (κ3) is 3.06. The number of aromatic nitrogens is 3. The Bertz CT molecular complexity index is 622. The lowest BCUT2D eigenvalue weighted by Crippen LogP contribution is -2.39. The molecule has 3 heterocycles. The summed E-state index contributed by atoms with van der Waals surface area (Å²) in [6, 6.07) is 2.69. The molecular weight excluding hydrogens is 284 g/mol. The van der Waals surface area contributed by atoms with Crippen LogP contribution in [0, 0.1) is 6.92 Å². The number of likely N-dealkylation sites (tertiary alicyclic amines) is 1. The van der Waals surface area contributed by atoms with Gasteiger partial charge in [0.25, 0.3) is 0 Å². The van der Waals surface area contributed by atoms with Crippen LogP contribution in [-0.4, -0.2) is 44.9 Å². The Hall–Kier alpha value is -1.13. The number of piperidine rings is 1. The third-order valence-corrected chi connectivity index (χ3v) is 4.62. The van der Waals surface area contributed by atoms with E-state index in [0.29, 0.717) is 11.9 Å². The van der Waals surface area contributed by atoms with E-state index < -0.39 is 0 Å². The van der Waals surface area contributed by atoms with E-state index in [1.165, 1.54) is 25.8 Å². The van der Waals surface area contributed by atoms with E-state index in [9.17, 15) is 0 Å². The SMILES string of the molecule is Cc1cnc2c(c1)nc(CCCl)n2CC1CCCCN1C. The molecule has 0 N–H and O–H groups in total. The van der Waals surface area contributed by atoms with Gasteiger partial charge in [0.05, 0.1) is 0 Å². The molecule has 5 heteroatoms. The van der Waals surface area contributed by atoms with Crippen LogP contribution in [0.15, 0.2) is 12.3 Å². The molecule has 0 saturated carbocycles. The van der Waals surface area contributed by atoms with Crippen molar-refractivity contribution in [3.05, 3.63) is 23.7 Å². The minimum absolute atomic E-state index is 0.577. The Balaban J connectivity index is 1.96. The monoisotopic (exact) mass is 306 g/mol. The fourth-order valence-electron chi connectivity index (χ4n) is 3.21. The van der Waals surface area contributed by atoms with E-state index in [-0.39, 0.29) is 0 Å². The van der Waals surface area contributed by atoms with Crippen molar-refractivity contribution >= 4 is 22.8 Å². The number of nitrogens with zero attached hydrogens (tertiary/aromatic N) is 4. The Labute approximate surface area is 131 Å². The molecule has 0 radical (unpaired) electrons. The Morgan fingerprint density at radius 1 is 1.38 bits per heavy atom. The number of pyridine rings is 1. The average Bonchev–Trinajstić information content (AvgIpc) is 2.79. The quantitative estimate of drug-likeness (QED) is 0.814. The highest BCUT2D eigenvalue weighted by atomic mass is 35.5. The summed E-state index contributed by atoms with van der Waals surface area (Å²) in [6.07, 6.45) is 6.61. The standard InChI is InChI=1S/C16H23ClN4/c1-12-9-14-16(18-10-12)21(15(19-14)6-7-17)11-13-5-3-4-8-20(13)2/h9-10,13H,3-8,11H2,1-2H3. The molecule has 2 aromatic heterocycles. The first-order valence-electron chi connectivity index (χ1n) is 7.77. The molecule has 0 aromatic carbocycles. The van der Waals surface area contributed by atoms with Crippen LogP contribution in [0.25, 0.3) is 11.2 Å². The molecule has 0 spiro atoms. The summed E-state index contributed by atoms with van der Waals surface area (Å²) >= 11 is 5.95. The van der Waals surface area contributed by atoms with Crippen molar-refractivity contribution in [1.29, 1.82) is 0 Å². The first-order valence-corrected chi connectivity index (χ1v) is 8.30. The van der Waals surface area contributed by atoms with Gasteiger partial charge in [-0.05, 0) is 45.0 Å². The minimum Gasteiger partial charge on any atom is -0.311 e. The molecule has 21 heavy (non-hydrogen) atoms. The van der Waals surface area contributed by atoms with Gasteiger partial charge in [-0.2, -0.15) is 0 Å². The van der Waals surface area contributed by atoms with Gasteiger partial charge in [0.2, 0.25) is 0 Å². The lowest BCUT2D eigenvalue weighted by molar-refractivity contribution is 0.167. The van der Waals surface area contributed by atoms with Crippen molar-refractivity contribution in [2.75, 3.05) is 19.5 Å². The second-order valence-electron chi connectivity index (χ2n) is 6.06. The Morgan fingerprint density at radius 2 is 2.24 bits per heavy atom. The second kappa shape index (κ2) is 6.32. The van der Waals surface area contributed by atoms with Crippen LogP contribution < -0.4 is 0 Å². The van der Waals surface area contributed by atoms with E-state index in [1.807, 2.05) is 6.20 Å². The van der Waals surface area contributed by atoms with Crippen molar-refractivity contribution in [2.45, 2.75) is 45.2 Å². The number of hydrogen-bond acceptors (Lipinski definition) is 3. The molecule has 1 fully saturated rings. The predicted molar refractivity (Wildman–Crippen MR) is 87.0 cm³/mol. The summed E-state index contributed by atoms with van der Waals surface area (Å²) in [7, 11) is 2.22. The lowest BCUT2D eigenvalue weighted by atomic mass is 10.0. The number of hydrogen-bond donors (Lipinski definition) is 0. The zero-order valence-corrected chi connectivity index (χ0v) is 13.6. The molecule has 1 aliphatic heterocycles. The van der Waals surface area contributed by atoms with Crippen molar-refractivity contribution in [3.8, 4) is 0 Å². The van der Waals surface area contributed by atoms with Gasteiger partial charge in [-0.3, -0.25) is 0 Å². The normalized spacial score (nSPS) is 20.2. The van der Waals surface area contributed by atoms with Crippen molar-refractivity contribution in [2.24, 2.45) is 0 Å². The van der Waals surface area contributed by atoms with Gasteiger partial charge in [-0.15, -0.1) is 11.6 Å². The molecule has 4 nitrogen and oxygen atoms in total. The van der Waals surface area contributed by atoms with Crippen LogP contribution in [0.5, 0.6) is 0 Å². The highest BCUT2D eigenvalue weighted by Gasteiger charge is 2.22. The van der Waals surface area contributed by atoms with Crippen LogP contribution in [-0.2, 0) is 13.0 Å². The van der Waals surface area contributed by atoms with Gasteiger partial charge < -0.3 is 9.47 Å². The number of imidazole rings is 1. The molecule has 0 amide bonds. The van der Waals surface area contributed by atoms with Crippen LogP contribution in [0.4, 0.5) is 0 Å². The summed E-state index contributed by atoms with van der Waals surface area (Å²) in [5.74, 6) is 1.67. The first kappa shape index (κ1) is 14.8. The average molecular weight is 307 g/mol. The van der Waals surface area contributed by atoms with Crippen molar-refractivity contribution < 1.29 is 0 Å². The van der Waals surface area contributed by atoms with E-state index >= 15 is 0 Å². The number of aryl methyl sites for hydroxylation is 2. The highest BCUT2D eigenvalue weighted by Crippen LogP contribution is 2.21. The molecule has 114 valence electrons. The molecule has 1 atom stereocenters. The fourth-order valence-corrected chi connectivity index (χ4v) is 3.38. The zero-order chi connectivity index (χ0) is 14.8. The zero-order valence-electron chi connectivity index (χ0n) is 12.8. The summed E-state index contributed by atoms with van der Waals surface area (Å²) in [5.41, 5.74) is 3.15. The summed E-state index contributed by atoms with van der Waals surface area (Å²) in [5, 5.41) is 0. The molecule has 0 bridgehead atoms. The minimum atomic E-state index is 0.577. The lowest BCUT2D eigenvalue weighted by Gasteiger charge is -2.33. The van der Waals surface area contributed by atoms with Crippen molar-refractivity contribution in [3.63, 3.8) is 0 Å². The van der Waals surface area contributed by atoms with Gasteiger partial charge in [0.1, 0.15) is 11.3 Å². The first-order chi connectivity index (χ1) is 10.2. The molecular formula is C16H23ClN4. The fraction of sp³-hybridized carbons (Fsp3) is 0.625. The maximum Gasteiger partial charge on any atom is 0.160 e. The smallest absolute Gasteiger partial charge is 0.160 e. The predicted octanol–water partition coefficient (Wildman–Crippen LogP) is 3.01. The van der Waals surface area contributed by atoms with Gasteiger partial charge in [0, 0.05) is 31.1 Å². The Morgan fingerprint density at radius 3 is 3.00 bits per heavy atom. The molecule has 1 unspecified atom stereocenters. The molecule has 1 aliphatic rings. The van der Waals surface area contributed by atoms with Gasteiger partial charge in [-0.1, -0.05) is 6.42 Å². The largest absolute Gasteiger partial charge is 0.311 e. The van der Waals surface area contributed by atoms with Crippen molar-refractivity contribution in [1.82, 2.24) is 19.4 Å². The molecule has 2 aromatic rings. The second-order valence-corrected chi connectivity index (χ2v) is 6.44. The van der Waals surface area contributed by atoms with Gasteiger partial charge >= 0.3 is 0 Å². The number of rotatable bonds is 4. The van der Waals surface area contributed by atoms with E-state index in [0.717, 1.165) is 35.5 Å².